The second-order valence-electron chi connectivity index (χ2n) is 3.74. The molecule has 1 aromatic heterocycles. The van der Waals surface area contributed by atoms with E-state index in [1.807, 2.05) is 12.1 Å². The van der Waals surface area contributed by atoms with E-state index in [0.29, 0.717) is 17.0 Å². The fraction of sp³-hybridized carbons (Fsp3) is 0.154. The van der Waals surface area contributed by atoms with Gasteiger partial charge in [-0.05, 0) is 12.1 Å². The zero-order chi connectivity index (χ0) is 13.1. The molecule has 0 atom stereocenters. The number of hydrogen-bond acceptors (Lipinski definition) is 4. The minimum absolute atomic E-state index is 0.219. The molecule has 0 spiro atoms. The summed E-state index contributed by atoms with van der Waals surface area (Å²) in [5.41, 5.74) is 1.04. The van der Waals surface area contributed by atoms with E-state index in [0.717, 1.165) is 5.39 Å². The fourth-order valence-corrected chi connectivity index (χ4v) is 1.66. The Kier molecular flexibility index (Phi) is 3.23. The molecule has 5 nitrogen and oxygen atoms in total. The normalized spacial score (nSPS) is 10.3. The van der Waals surface area contributed by atoms with Crippen molar-refractivity contribution in [2.45, 2.75) is 6.42 Å². The highest BCUT2D eigenvalue weighted by Gasteiger charge is 2.13. The number of rotatable bonds is 4. The van der Waals surface area contributed by atoms with Crippen molar-refractivity contribution in [2.75, 3.05) is 7.11 Å². The van der Waals surface area contributed by atoms with Crippen LogP contribution in [0.15, 0.2) is 30.3 Å². The Bertz CT molecular complexity index is 621. The molecule has 0 unspecified atom stereocenters. The Morgan fingerprint density at radius 3 is 2.72 bits per heavy atom. The number of benzene rings is 1. The van der Waals surface area contributed by atoms with Gasteiger partial charge in [0.05, 0.1) is 13.5 Å². The standard InChI is InChI=1S/C13H11NO4/c1-18-11-4-2-3-8-5-6-9(14-12(8)11)7-10(15)13(16)17/h2-6H,7H2,1H3,(H,16,17). The van der Waals surface area contributed by atoms with Crippen molar-refractivity contribution in [1.29, 1.82) is 0 Å². The molecule has 0 aliphatic carbocycles. The molecule has 2 rings (SSSR count). The number of pyridine rings is 1. The number of aromatic nitrogens is 1. The Hall–Kier alpha value is -2.43. The van der Waals surface area contributed by atoms with Crippen LogP contribution in [0, 0.1) is 0 Å². The van der Waals surface area contributed by atoms with Gasteiger partial charge >= 0.3 is 5.97 Å². The van der Waals surface area contributed by atoms with E-state index in [9.17, 15) is 9.59 Å². The van der Waals surface area contributed by atoms with E-state index in [1.165, 1.54) is 7.11 Å². The maximum atomic E-state index is 11.1. The third-order valence-electron chi connectivity index (χ3n) is 2.54. The summed E-state index contributed by atoms with van der Waals surface area (Å²) in [6.07, 6.45) is -0.219. The second-order valence-corrected chi connectivity index (χ2v) is 3.74. The largest absolute Gasteiger partial charge is 0.494 e. The van der Waals surface area contributed by atoms with Gasteiger partial charge in [-0.1, -0.05) is 18.2 Å². The highest BCUT2D eigenvalue weighted by molar-refractivity contribution is 6.33. The maximum absolute atomic E-state index is 11.1. The molecule has 5 heteroatoms. The number of para-hydroxylation sites is 1. The van der Waals surface area contributed by atoms with Gasteiger partial charge < -0.3 is 9.84 Å². The molecule has 18 heavy (non-hydrogen) atoms. The van der Waals surface area contributed by atoms with Crippen molar-refractivity contribution in [3.63, 3.8) is 0 Å². The van der Waals surface area contributed by atoms with E-state index in [2.05, 4.69) is 4.98 Å². The second kappa shape index (κ2) is 4.83. The summed E-state index contributed by atoms with van der Waals surface area (Å²) in [4.78, 5) is 25.9. The summed E-state index contributed by atoms with van der Waals surface area (Å²) in [5.74, 6) is -1.73. The van der Waals surface area contributed by atoms with Crippen LogP contribution in [-0.2, 0) is 16.0 Å². The predicted molar refractivity (Wildman–Crippen MR) is 64.6 cm³/mol. The Morgan fingerprint density at radius 1 is 1.28 bits per heavy atom. The smallest absolute Gasteiger partial charge is 0.372 e. The Balaban J connectivity index is 2.43. The molecule has 1 N–H and O–H groups in total. The molecule has 0 fully saturated rings. The van der Waals surface area contributed by atoms with Crippen LogP contribution in [-0.4, -0.2) is 29.0 Å². The van der Waals surface area contributed by atoms with E-state index >= 15 is 0 Å². The van der Waals surface area contributed by atoms with Gasteiger partial charge in [-0.15, -0.1) is 0 Å². The monoisotopic (exact) mass is 245 g/mol. The molecule has 0 amide bonds. The van der Waals surface area contributed by atoms with Crippen LogP contribution in [0.4, 0.5) is 0 Å². The minimum Gasteiger partial charge on any atom is -0.494 e. The number of carbonyl (C=O) groups excluding carboxylic acids is 1. The van der Waals surface area contributed by atoms with Crippen molar-refractivity contribution >= 4 is 22.7 Å². The van der Waals surface area contributed by atoms with E-state index in [-0.39, 0.29) is 6.42 Å². The number of ether oxygens (including phenoxy) is 1. The topological polar surface area (TPSA) is 76.5 Å². The molecule has 0 aliphatic heterocycles. The van der Waals surface area contributed by atoms with Crippen molar-refractivity contribution in [1.82, 2.24) is 4.98 Å². The first-order valence-electron chi connectivity index (χ1n) is 5.30. The lowest BCUT2D eigenvalue weighted by atomic mass is 10.1. The van der Waals surface area contributed by atoms with Gasteiger partial charge in [-0.2, -0.15) is 0 Å². The molecule has 0 bridgehead atoms. The summed E-state index contributed by atoms with van der Waals surface area (Å²) in [6.45, 7) is 0. The fourth-order valence-electron chi connectivity index (χ4n) is 1.66. The number of carboxylic acid groups (broad SMARTS) is 1. The molecule has 0 saturated heterocycles. The van der Waals surface area contributed by atoms with Crippen molar-refractivity contribution in [3.8, 4) is 5.75 Å². The first kappa shape index (κ1) is 12.0. The van der Waals surface area contributed by atoms with Gasteiger partial charge in [0.25, 0.3) is 0 Å². The quantitative estimate of drug-likeness (QED) is 0.825. The minimum atomic E-state index is -1.45. The average Bonchev–Trinajstić information content (AvgIpc) is 2.37. The molecule has 1 aromatic carbocycles. The number of carboxylic acids is 1. The number of ketones is 1. The van der Waals surface area contributed by atoms with Crippen LogP contribution < -0.4 is 4.74 Å². The van der Waals surface area contributed by atoms with Crippen LogP contribution in [0.1, 0.15) is 5.69 Å². The van der Waals surface area contributed by atoms with Gasteiger partial charge in [0.15, 0.2) is 0 Å². The van der Waals surface area contributed by atoms with E-state index in [4.69, 9.17) is 9.84 Å². The van der Waals surface area contributed by atoms with Gasteiger partial charge in [0.1, 0.15) is 11.3 Å². The molecular weight excluding hydrogens is 234 g/mol. The van der Waals surface area contributed by atoms with Gasteiger partial charge in [-0.25, -0.2) is 9.78 Å². The lowest BCUT2D eigenvalue weighted by molar-refractivity contribution is -0.148. The number of Topliss-reactive ketones (excluding diaryl/α,β-unsaturated/α-hetero) is 1. The third-order valence-corrected chi connectivity index (χ3v) is 2.54. The Morgan fingerprint density at radius 2 is 2.06 bits per heavy atom. The number of nitrogens with zero attached hydrogens (tertiary/aromatic N) is 1. The molecule has 1 heterocycles. The molecule has 0 aliphatic rings. The van der Waals surface area contributed by atoms with E-state index < -0.39 is 11.8 Å². The number of methoxy groups -OCH3 is 1. The molecule has 0 radical (unpaired) electrons. The first-order valence-corrected chi connectivity index (χ1v) is 5.30. The highest BCUT2D eigenvalue weighted by Crippen LogP contribution is 2.23. The van der Waals surface area contributed by atoms with Crippen LogP contribution in [0.3, 0.4) is 0 Å². The van der Waals surface area contributed by atoms with Crippen molar-refractivity contribution in [3.05, 3.63) is 36.0 Å². The van der Waals surface area contributed by atoms with Crippen molar-refractivity contribution in [2.24, 2.45) is 0 Å². The molecule has 0 saturated carbocycles. The zero-order valence-corrected chi connectivity index (χ0v) is 9.71. The molecular formula is C13H11NO4. The SMILES string of the molecule is COc1cccc2ccc(CC(=O)C(=O)O)nc12. The Labute approximate surface area is 103 Å². The van der Waals surface area contributed by atoms with Crippen LogP contribution in [0.5, 0.6) is 5.75 Å². The van der Waals surface area contributed by atoms with Gasteiger partial charge in [0.2, 0.25) is 5.78 Å². The third kappa shape index (κ3) is 2.29. The summed E-state index contributed by atoms with van der Waals surface area (Å²) >= 11 is 0. The lowest BCUT2D eigenvalue weighted by Crippen LogP contribution is -2.15. The predicted octanol–water partition coefficient (Wildman–Crippen LogP) is 1.44. The summed E-state index contributed by atoms with van der Waals surface area (Å²) in [5, 5.41) is 9.43. The zero-order valence-electron chi connectivity index (χ0n) is 9.71. The first-order chi connectivity index (χ1) is 8.61. The summed E-state index contributed by atoms with van der Waals surface area (Å²) in [6, 6.07) is 8.90. The molecule has 92 valence electrons. The van der Waals surface area contributed by atoms with E-state index in [1.54, 1.807) is 18.2 Å². The average molecular weight is 245 g/mol. The lowest BCUT2D eigenvalue weighted by Gasteiger charge is -2.05. The van der Waals surface area contributed by atoms with Gasteiger partial charge in [0, 0.05) is 11.1 Å². The maximum Gasteiger partial charge on any atom is 0.372 e. The van der Waals surface area contributed by atoms with Gasteiger partial charge in [-0.3, -0.25) is 4.79 Å². The molecule has 2 aromatic rings. The highest BCUT2D eigenvalue weighted by atomic mass is 16.5. The van der Waals surface area contributed by atoms with Crippen molar-refractivity contribution < 1.29 is 19.4 Å². The number of carbonyl (C=O) groups is 2. The summed E-state index contributed by atoms with van der Waals surface area (Å²) < 4.78 is 5.17. The number of aliphatic carboxylic acids is 1. The van der Waals surface area contributed by atoms with Crippen LogP contribution in [0.2, 0.25) is 0 Å². The summed E-state index contributed by atoms with van der Waals surface area (Å²) in [7, 11) is 1.53. The van der Waals surface area contributed by atoms with Crippen LogP contribution >= 0.6 is 0 Å². The number of hydrogen-bond donors (Lipinski definition) is 1. The number of fused-ring (bicyclic) bond motifs is 1. The van der Waals surface area contributed by atoms with Crippen LogP contribution in [0.25, 0.3) is 10.9 Å².